The normalized spacial score (nSPS) is 14.8. The lowest BCUT2D eigenvalue weighted by molar-refractivity contribution is 0.0712. The van der Waals surface area contributed by atoms with Gasteiger partial charge in [-0.15, -0.1) is 0 Å². The Hall–Kier alpha value is -3.22. The molecule has 1 saturated heterocycles. The standard InChI is InChI=1S/C22H24N4O3/c1-14-12-20(29-25-14)19-13-23-15(2)24-21(19)16-8-10-26(11-9-16)22(27)17-4-6-18(28-3)7-5-17/h4-7,12-13,16H,8-11H2,1-3H3. The number of benzene rings is 1. The second-order valence-corrected chi connectivity index (χ2v) is 7.34. The summed E-state index contributed by atoms with van der Waals surface area (Å²) in [6, 6.07) is 9.15. The minimum atomic E-state index is 0.0519. The number of likely N-dealkylation sites (tertiary alicyclic amines) is 1. The van der Waals surface area contributed by atoms with Gasteiger partial charge in [0.25, 0.3) is 5.91 Å². The number of nitrogens with zero attached hydrogens (tertiary/aromatic N) is 4. The summed E-state index contributed by atoms with van der Waals surface area (Å²) in [7, 11) is 1.62. The number of rotatable bonds is 4. The first-order chi connectivity index (χ1) is 14.0. The van der Waals surface area contributed by atoms with Gasteiger partial charge >= 0.3 is 0 Å². The number of aryl methyl sites for hydroxylation is 2. The van der Waals surface area contributed by atoms with Crippen LogP contribution in [0.4, 0.5) is 0 Å². The van der Waals surface area contributed by atoms with Gasteiger partial charge in [0.05, 0.1) is 24.1 Å². The van der Waals surface area contributed by atoms with Crippen molar-refractivity contribution in [2.45, 2.75) is 32.6 Å². The molecular formula is C22H24N4O3. The molecule has 0 aliphatic carbocycles. The minimum absolute atomic E-state index is 0.0519. The molecule has 3 aromatic rings. The van der Waals surface area contributed by atoms with Gasteiger partial charge in [-0.2, -0.15) is 0 Å². The number of ether oxygens (including phenoxy) is 1. The average Bonchev–Trinajstić information content (AvgIpc) is 3.19. The summed E-state index contributed by atoms with van der Waals surface area (Å²) in [5.74, 6) is 2.47. The van der Waals surface area contributed by atoms with Gasteiger partial charge in [0, 0.05) is 36.8 Å². The Morgan fingerprint density at radius 2 is 1.90 bits per heavy atom. The summed E-state index contributed by atoms with van der Waals surface area (Å²) in [6.45, 7) is 5.16. The molecule has 0 spiro atoms. The Balaban J connectivity index is 1.49. The molecule has 0 saturated carbocycles. The van der Waals surface area contributed by atoms with E-state index in [-0.39, 0.29) is 11.8 Å². The highest BCUT2D eigenvalue weighted by Gasteiger charge is 2.28. The van der Waals surface area contributed by atoms with Crippen molar-refractivity contribution in [2.24, 2.45) is 0 Å². The highest BCUT2D eigenvalue weighted by Crippen LogP contribution is 2.34. The van der Waals surface area contributed by atoms with E-state index in [0.717, 1.165) is 41.4 Å². The number of carbonyl (C=O) groups is 1. The van der Waals surface area contributed by atoms with Gasteiger partial charge in [-0.25, -0.2) is 9.97 Å². The molecule has 7 heteroatoms. The highest BCUT2D eigenvalue weighted by atomic mass is 16.5. The topological polar surface area (TPSA) is 81.4 Å². The van der Waals surface area contributed by atoms with Crippen molar-refractivity contribution in [3.8, 4) is 17.1 Å². The van der Waals surface area contributed by atoms with Crippen molar-refractivity contribution >= 4 is 5.91 Å². The third-order valence-corrected chi connectivity index (χ3v) is 5.34. The molecule has 4 rings (SSSR count). The zero-order valence-corrected chi connectivity index (χ0v) is 16.9. The zero-order chi connectivity index (χ0) is 20.4. The molecule has 150 valence electrons. The van der Waals surface area contributed by atoms with Crippen molar-refractivity contribution < 1.29 is 14.1 Å². The van der Waals surface area contributed by atoms with E-state index in [9.17, 15) is 4.79 Å². The summed E-state index contributed by atoms with van der Waals surface area (Å²) < 4.78 is 10.6. The molecule has 1 amide bonds. The minimum Gasteiger partial charge on any atom is -0.497 e. The highest BCUT2D eigenvalue weighted by molar-refractivity contribution is 5.94. The quantitative estimate of drug-likeness (QED) is 0.672. The van der Waals surface area contributed by atoms with Crippen LogP contribution in [0.1, 0.15) is 46.3 Å². The number of piperidine rings is 1. The Morgan fingerprint density at radius 3 is 2.52 bits per heavy atom. The monoisotopic (exact) mass is 392 g/mol. The van der Waals surface area contributed by atoms with E-state index in [0.29, 0.717) is 24.4 Å². The van der Waals surface area contributed by atoms with E-state index in [2.05, 4.69) is 10.1 Å². The third-order valence-electron chi connectivity index (χ3n) is 5.34. The van der Waals surface area contributed by atoms with Crippen LogP contribution in [0.5, 0.6) is 5.75 Å². The van der Waals surface area contributed by atoms with Crippen molar-refractivity contribution in [2.75, 3.05) is 20.2 Å². The third kappa shape index (κ3) is 3.99. The molecule has 2 aromatic heterocycles. The molecule has 0 radical (unpaired) electrons. The van der Waals surface area contributed by atoms with E-state index in [1.165, 1.54) is 0 Å². The Bertz CT molecular complexity index is 1010. The molecule has 0 atom stereocenters. The fourth-order valence-corrected chi connectivity index (χ4v) is 3.75. The first-order valence-corrected chi connectivity index (χ1v) is 9.75. The summed E-state index contributed by atoms with van der Waals surface area (Å²) in [5.41, 5.74) is 3.37. The van der Waals surface area contributed by atoms with Crippen molar-refractivity contribution in [1.82, 2.24) is 20.0 Å². The maximum atomic E-state index is 12.8. The second kappa shape index (κ2) is 8.03. The summed E-state index contributed by atoms with van der Waals surface area (Å²) in [6.07, 6.45) is 3.50. The van der Waals surface area contributed by atoms with E-state index in [1.807, 2.05) is 55.3 Å². The Labute approximate surface area is 169 Å². The number of aromatic nitrogens is 3. The van der Waals surface area contributed by atoms with Crippen LogP contribution < -0.4 is 4.74 Å². The van der Waals surface area contributed by atoms with Crippen LogP contribution in [0.15, 0.2) is 41.1 Å². The lowest BCUT2D eigenvalue weighted by Crippen LogP contribution is -2.38. The van der Waals surface area contributed by atoms with E-state index < -0.39 is 0 Å². The number of methoxy groups -OCH3 is 1. The van der Waals surface area contributed by atoms with Crippen molar-refractivity contribution in [3.63, 3.8) is 0 Å². The predicted molar refractivity (Wildman–Crippen MR) is 108 cm³/mol. The second-order valence-electron chi connectivity index (χ2n) is 7.34. The Morgan fingerprint density at radius 1 is 1.17 bits per heavy atom. The number of hydrogen-bond donors (Lipinski definition) is 0. The van der Waals surface area contributed by atoms with Crippen LogP contribution in [-0.2, 0) is 0 Å². The maximum absolute atomic E-state index is 12.8. The van der Waals surface area contributed by atoms with Crippen molar-refractivity contribution in [1.29, 1.82) is 0 Å². The van der Waals surface area contributed by atoms with Gasteiger partial charge in [-0.3, -0.25) is 4.79 Å². The molecule has 7 nitrogen and oxygen atoms in total. The molecule has 1 fully saturated rings. The van der Waals surface area contributed by atoms with Gasteiger partial charge in [0.2, 0.25) is 0 Å². The lowest BCUT2D eigenvalue weighted by Gasteiger charge is -2.32. The van der Waals surface area contributed by atoms with Gasteiger partial charge in [-0.1, -0.05) is 5.16 Å². The zero-order valence-electron chi connectivity index (χ0n) is 16.9. The summed E-state index contributed by atoms with van der Waals surface area (Å²) in [4.78, 5) is 23.8. The van der Waals surface area contributed by atoms with E-state index in [1.54, 1.807) is 7.11 Å². The number of hydrogen-bond acceptors (Lipinski definition) is 6. The van der Waals surface area contributed by atoms with Crippen LogP contribution in [0.3, 0.4) is 0 Å². The van der Waals surface area contributed by atoms with Crippen LogP contribution in [0.25, 0.3) is 11.3 Å². The molecule has 1 aliphatic heterocycles. The first kappa shape index (κ1) is 19.1. The number of amides is 1. The molecule has 29 heavy (non-hydrogen) atoms. The number of carbonyl (C=O) groups excluding carboxylic acids is 1. The average molecular weight is 392 g/mol. The largest absolute Gasteiger partial charge is 0.497 e. The molecular weight excluding hydrogens is 368 g/mol. The summed E-state index contributed by atoms with van der Waals surface area (Å²) >= 11 is 0. The fourth-order valence-electron chi connectivity index (χ4n) is 3.75. The molecule has 3 heterocycles. The van der Waals surface area contributed by atoms with Crippen LogP contribution in [0, 0.1) is 13.8 Å². The lowest BCUT2D eigenvalue weighted by atomic mass is 9.90. The van der Waals surface area contributed by atoms with Crippen LogP contribution in [0.2, 0.25) is 0 Å². The summed E-state index contributed by atoms with van der Waals surface area (Å²) in [5, 5.41) is 3.99. The van der Waals surface area contributed by atoms with Crippen LogP contribution in [-0.4, -0.2) is 46.1 Å². The molecule has 0 bridgehead atoms. The molecule has 0 N–H and O–H groups in total. The van der Waals surface area contributed by atoms with E-state index >= 15 is 0 Å². The molecule has 1 aromatic carbocycles. The smallest absolute Gasteiger partial charge is 0.253 e. The Kier molecular flexibility index (Phi) is 5.29. The first-order valence-electron chi connectivity index (χ1n) is 9.75. The fraction of sp³-hybridized carbons (Fsp3) is 0.364. The maximum Gasteiger partial charge on any atom is 0.253 e. The van der Waals surface area contributed by atoms with Crippen molar-refractivity contribution in [3.05, 3.63) is 59.3 Å². The van der Waals surface area contributed by atoms with Gasteiger partial charge in [-0.05, 0) is 51.0 Å². The molecule has 1 aliphatic rings. The predicted octanol–water partition coefficient (Wildman–Crippen LogP) is 3.78. The van der Waals surface area contributed by atoms with Crippen LogP contribution >= 0.6 is 0 Å². The van der Waals surface area contributed by atoms with Gasteiger partial charge in [0.15, 0.2) is 5.76 Å². The van der Waals surface area contributed by atoms with E-state index in [4.69, 9.17) is 14.2 Å². The molecule has 0 unspecified atom stereocenters. The van der Waals surface area contributed by atoms with Gasteiger partial charge in [0.1, 0.15) is 11.6 Å². The SMILES string of the molecule is COc1ccc(C(=O)N2CCC(c3nc(C)ncc3-c3cc(C)no3)CC2)cc1. The van der Waals surface area contributed by atoms with Gasteiger partial charge < -0.3 is 14.2 Å².